The highest BCUT2D eigenvalue weighted by Gasteiger charge is 2.31. The van der Waals surface area contributed by atoms with Crippen LogP contribution in [0, 0.1) is 0 Å². The molecule has 2 fully saturated rings. The van der Waals surface area contributed by atoms with Crippen molar-refractivity contribution in [2.24, 2.45) is 0 Å². The molecule has 24 heavy (non-hydrogen) atoms. The van der Waals surface area contributed by atoms with Crippen LogP contribution in [0.15, 0.2) is 6.07 Å². The van der Waals surface area contributed by atoms with E-state index >= 15 is 0 Å². The van der Waals surface area contributed by atoms with Crippen LogP contribution in [0.25, 0.3) is 0 Å². The Bertz CT molecular complexity index is 532. The van der Waals surface area contributed by atoms with Crippen LogP contribution >= 0.6 is 0 Å². The highest BCUT2D eigenvalue weighted by Crippen LogP contribution is 2.32. The molecule has 0 amide bonds. The van der Waals surface area contributed by atoms with Gasteiger partial charge in [-0.1, -0.05) is 20.8 Å². The predicted molar refractivity (Wildman–Crippen MR) is 95.6 cm³/mol. The number of hydrogen-bond donors (Lipinski definition) is 2. The molecule has 0 unspecified atom stereocenters. The standard InChI is InChI=1S/C18H30N4O2/c1-18(2,3)17-19-15(21-8-4-6-13(21)11-23)10-16(20-17)22-9-5-7-14(22)12-24/h10,13-14,23-24H,4-9,11-12H2,1-3H3/t13-,14+. The number of hydrogen-bond acceptors (Lipinski definition) is 6. The van der Waals surface area contributed by atoms with Crippen molar-refractivity contribution in [2.75, 3.05) is 36.1 Å². The maximum atomic E-state index is 9.66. The van der Waals surface area contributed by atoms with E-state index in [9.17, 15) is 10.2 Å². The average molecular weight is 334 g/mol. The molecule has 2 aliphatic rings. The molecule has 3 rings (SSSR count). The van der Waals surface area contributed by atoms with Crippen molar-refractivity contribution >= 4 is 11.6 Å². The van der Waals surface area contributed by atoms with Crippen molar-refractivity contribution < 1.29 is 10.2 Å². The molecule has 6 heteroatoms. The molecule has 0 aromatic carbocycles. The summed E-state index contributed by atoms with van der Waals surface area (Å²) in [7, 11) is 0. The lowest BCUT2D eigenvalue weighted by atomic mass is 9.95. The lowest BCUT2D eigenvalue weighted by Crippen LogP contribution is -2.36. The predicted octanol–water partition coefficient (Wildman–Crippen LogP) is 1.70. The Labute approximate surface area is 144 Å². The average Bonchev–Trinajstić information content (AvgIpc) is 3.22. The molecule has 2 saturated heterocycles. The highest BCUT2D eigenvalue weighted by molar-refractivity contribution is 5.54. The molecule has 2 atom stereocenters. The quantitative estimate of drug-likeness (QED) is 0.873. The largest absolute Gasteiger partial charge is 0.394 e. The number of rotatable bonds is 4. The molecular formula is C18H30N4O2. The van der Waals surface area contributed by atoms with Crippen LogP contribution in [0.5, 0.6) is 0 Å². The van der Waals surface area contributed by atoms with Crippen LogP contribution in [0.1, 0.15) is 52.3 Å². The third kappa shape index (κ3) is 3.35. The zero-order valence-electron chi connectivity index (χ0n) is 15.1. The van der Waals surface area contributed by atoms with Gasteiger partial charge in [0.15, 0.2) is 0 Å². The topological polar surface area (TPSA) is 72.7 Å². The monoisotopic (exact) mass is 334 g/mol. The van der Waals surface area contributed by atoms with Gasteiger partial charge in [0, 0.05) is 24.6 Å². The summed E-state index contributed by atoms with van der Waals surface area (Å²) in [4.78, 5) is 14.1. The Kier molecular flexibility index (Phi) is 4.97. The molecule has 2 aliphatic heterocycles. The molecule has 0 aliphatic carbocycles. The van der Waals surface area contributed by atoms with E-state index in [2.05, 4.69) is 30.6 Å². The van der Waals surface area contributed by atoms with Gasteiger partial charge in [0.05, 0.1) is 25.3 Å². The summed E-state index contributed by atoms with van der Waals surface area (Å²) in [6.07, 6.45) is 4.17. The number of aromatic nitrogens is 2. The van der Waals surface area contributed by atoms with Crippen LogP contribution in [0.4, 0.5) is 11.6 Å². The first kappa shape index (κ1) is 17.4. The van der Waals surface area contributed by atoms with Crippen LogP contribution in [0.3, 0.4) is 0 Å². The second-order valence-corrected chi connectivity index (χ2v) is 8.00. The SMILES string of the molecule is CC(C)(C)c1nc(N2CCC[C@H]2CO)cc(N2CCC[C@@H]2CO)n1. The molecule has 3 heterocycles. The number of anilines is 2. The maximum Gasteiger partial charge on any atom is 0.138 e. The van der Waals surface area contributed by atoms with Gasteiger partial charge in [0.2, 0.25) is 0 Å². The van der Waals surface area contributed by atoms with Gasteiger partial charge in [0.1, 0.15) is 17.5 Å². The van der Waals surface area contributed by atoms with E-state index in [0.29, 0.717) is 0 Å². The molecule has 0 radical (unpaired) electrons. The molecule has 134 valence electrons. The fourth-order valence-electron chi connectivity index (χ4n) is 3.71. The first-order valence-corrected chi connectivity index (χ1v) is 9.08. The van der Waals surface area contributed by atoms with Gasteiger partial charge in [-0.2, -0.15) is 0 Å². The van der Waals surface area contributed by atoms with Crippen molar-refractivity contribution in [1.29, 1.82) is 0 Å². The van der Waals surface area contributed by atoms with E-state index < -0.39 is 0 Å². The van der Waals surface area contributed by atoms with Crippen molar-refractivity contribution in [3.05, 3.63) is 11.9 Å². The van der Waals surface area contributed by atoms with Crippen LogP contribution in [0.2, 0.25) is 0 Å². The Hall–Kier alpha value is -1.40. The molecule has 6 nitrogen and oxygen atoms in total. The van der Waals surface area contributed by atoms with Gasteiger partial charge in [-0.3, -0.25) is 0 Å². The molecule has 1 aromatic heterocycles. The molecule has 1 aromatic rings. The lowest BCUT2D eigenvalue weighted by Gasteiger charge is -2.30. The molecular weight excluding hydrogens is 304 g/mol. The maximum absolute atomic E-state index is 9.66. The third-order valence-corrected chi connectivity index (χ3v) is 5.13. The Balaban J connectivity index is 2.01. The summed E-state index contributed by atoms with van der Waals surface area (Å²) >= 11 is 0. The van der Waals surface area contributed by atoms with Crippen molar-refractivity contribution in [3.8, 4) is 0 Å². The van der Waals surface area contributed by atoms with Gasteiger partial charge in [-0.25, -0.2) is 9.97 Å². The Morgan fingerprint density at radius 1 is 0.958 bits per heavy atom. The van der Waals surface area contributed by atoms with E-state index in [-0.39, 0.29) is 30.7 Å². The molecule has 2 N–H and O–H groups in total. The third-order valence-electron chi connectivity index (χ3n) is 5.13. The van der Waals surface area contributed by atoms with Crippen LogP contribution in [-0.2, 0) is 5.41 Å². The fourth-order valence-corrected chi connectivity index (χ4v) is 3.71. The first-order chi connectivity index (χ1) is 11.4. The first-order valence-electron chi connectivity index (χ1n) is 9.08. The van der Waals surface area contributed by atoms with Crippen LogP contribution < -0.4 is 9.80 Å². The van der Waals surface area contributed by atoms with E-state index in [4.69, 9.17) is 9.97 Å². The summed E-state index contributed by atoms with van der Waals surface area (Å²) in [5.41, 5.74) is -0.145. The number of aliphatic hydroxyl groups excluding tert-OH is 2. The van der Waals surface area contributed by atoms with Gasteiger partial charge in [-0.05, 0) is 25.7 Å². The summed E-state index contributed by atoms with van der Waals surface area (Å²) in [5.74, 6) is 2.64. The Morgan fingerprint density at radius 2 is 1.42 bits per heavy atom. The minimum absolute atomic E-state index is 0.145. The van der Waals surface area contributed by atoms with Gasteiger partial charge < -0.3 is 20.0 Å². The number of aliphatic hydroxyl groups is 2. The molecule has 0 spiro atoms. The normalized spacial score (nSPS) is 24.9. The minimum Gasteiger partial charge on any atom is -0.394 e. The van der Waals surface area contributed by atoms with Gasteiger partial charge in [-0.15, -0.1) is 0 Å². The number of nitrogens with zero attached hydrogens (tertiary/aromatic N) is 4. The summed E-state index contributed by atoms with van der Waals surface area (Å²) in [6, 6.07) is 2.33. The smallest absolute Gasteiger partial charge is 0.138 e. The zero-order chi connectivity index (χ0) is 17.3. The van der Waals surface area contributed by atoms with Crippen molar-refractivity contribution in [1.82, 2.24) is 9.97 Å². The molecule has 0 bridgehead atoms. The highest BCUT2D eigenvalue weighted by atomic mass is 16.3. The minimum atomic E-state index is -0.145. The summed E-state index contributed by atoms with van der Waals surface area (Å²) in [5, 5.41) is 19.3. The summed E-state index contributed by atoms with van der Waals surface area (Å²) in [6.45, 7) is 8.54. The van der Waals surface area contributed by atoms with Gasteiger partial charge in [0.25, 0.3) is 0 Å². The van der Waals surface area contributed by atoms with E-state index in [1.165, 1.54) is 0 Å². The van der Waals surface area contributed by atoms with Gasteiger partial charge >= 0.3 is 0 Å². The summed E-state index contributed by atoms with van der Waals surface area (Å²) < 4.78 is 0. The zero-order valence-corrected chi connectivity index (χ0v) is 15.1. The second kappa shape index (κ2) is 6.84. The van der Waals surface area contributed by atoms with Crippen LogP contribution in [-0.4, -0.2) is 58.6 Å². The lowest BCUT2D eigenvalue weighted by molar-refractivity contribution is 0.265. The van der Waals surface area contributed by atoms with Crippen molar-refractivity contribution in [3.63, 3.8) is 0 Å². The van der Waals surface area contributed by atoms with Crippen molar-refractivity contribution in [2.45, 2.75) is 64.0 Å². The van der Waals surface area contributed by atoms with E-state index in [0.717, 1.165) is 56.2 Å². The molecule has 0 saturated carbocycles. The Morgan fingerprint density at radius 3 is 1.79 bits per heavy atom. The fraction of sp³-hybridized carbons (Fsp3) is 0.778. The second-order valence-electron chi connectivity index (χ2n) is 8.00. The van der Waals surface area contributed by atoms with E-state index in [1.807, 2.05) is 6.07 Å². The van der Waals surface area contributed by atoms with E-state index in [1.54, 1.807) is 0 Å².